The van der Waals surface area contributed by atoms with Gasteiger partial charge in [-0.15, -0.1) is 5.10 Å². The summed E-state index contributed by atoms with van der Waals surface area (Å²) in [6.07, 6.45) is 1.80. The summed E-state index contributed by atoms with van der Waals surface area (Å²) < 4.78 is 5.35. The highest BCUT2D eigenvalue weighted by atomic mass is 16.4. The standard InChI is InChI=1S/C9H16N4O/c1-9(2)5-6(9)11-8-13-12-7(14-8)3-4-10/h6H,3-5,10H2,1-2H3,(H,11,13). The maximum absolute atomic E-state index is 5.38. The zero-order valence-corrected chi connectivity index (χ0v) is 8.58. The molecule has 1 heterocycles. The Morgan fingerprint density at radius 1 is 1.57 bits per heavy atom. The molecule has 1 atom stereocenters. The van der Waals surface area contributed by atoms with Crippen LogP contribution in [0, 0.1) is 5.41 Å². The van der Waals surface area contributed by atoms with E-state index < -0.39 is 0 Å². The molecule has 1 aliphatic carbocycles. The van der Waals surface area contributed by atoms with Gasteiger partial charge in [-0.3, -0.25) is 0 Å². The maximum Gasteiger partial charge on any atom is 0.315 e. The van der Waals surface area contributed by atoms with Crippen molar-refractivity contribution in [1.29, 1.82) is 0 Å². The molecule has 1 unspecified atom stereocenters. The van der Waals surface area contributed by atoms with Crippen LogP contribution in [0.5, 0.6) is 0 Å². The second-order valence-corrected chi connectivity index (χ2v) is 4.43. The van der Waals surface area contributed by atoms with Gasteiger partial charge >= 0.3 is 6.01 Å². The molecule has 0 spiro atoms. The second kappa shape index (κ2) is 3.24. The fraction of sp³-hybridized carbons (Fsp3) is 0.778. The molecule has 1 fully saturated rings. The summed E-state index contributed by atoms with van der Waals surface area (Å²) in [6.45, 7) is 4.96. The fourth-order valence-corrected chi connectivity index (χ4v) is 1.40. The minimum atomic E-state index is 0.364. The lowest BCUT2D eigenvalue weighted by molar-refractivity contribution is 0.501. The summed E-state index contributed by atoms with van der Waals surface area (Å²) in [6, 6.07) is 0.984. The summed E-state index contributed by atoms with van der Waals surface area (Å²) in [5.74, 6) is 0.605. The van der Waals surface area contributed by atoms with Gasteiger partial charge in [0.15, 0.2) is 0 Å². The molecule has 1 saturated carbocycles. The highest BCUT2D eigenvalue weighted by molar-refractivity contribution is 5.26. The number of aromatic nitrogens is 2. The first kappa shape index (κ1) is 9.45. The predicted octanol–water partition coefficient (Wildman–Crippen LogP) is 0.781. The maximum atomic E-state index is 5.38. The van der Waals surface area contributed by atoms with Gasteiger partial charge in [-0.2, -0.15) is 0 Å². The van der Waals surface area contributed by atoms with Crippen molar-refractivity contribution in [2.75, 3.05) is 11.9 Å². The van der Waals surface area contributed by atoms with Crippen LogP contribution in [0.2, 0.25) is 0 Å². The van der Waals surface area contributed by atoms with Gasteiger partial charge < -0.3 is 15.5 Å². The molecular weight excluding hydrogens is 180 g/mol. The average molecular weight is 196 g/mol. The van der Waals surface area contributed by atoms with Gasteiger partial charge in [0.1, 0.15) is 0 Å². The van der Waals surface area contributed by atoms with E-state index in [0.717, 1.165) is 6.42 Å². The van der Waals surface area contributed by atoms with Crippen LogP contribution in [0.1, 0.15) is 26.2 Å². The number of anilines is 1. The third-order valence-corrected chi connectivity index (χ3v) is 2.64. The van der Waals surface area contributed by atoms with Crippen molar-refractivity contribution < 1.29 is 4.42 Å². The highest BCUT2D eigenvalue weighted by Crippen LogP contribution is 2.46. The molecule has 0 bridgehead atoms. The van der Waals surface area contributed by atoms with Crippen LogP contribution in [0.4, 0.5) is 6.01 Å². The van der Waals surface area contributed by atoms with Crippen molar-refractivity contribution >= 4 is 6.01 Å². The molecule has 0 saturated heterocycles. The van der Waals surface area contributed by atoms with Crippen LogP contribution in [0.25, 0.3) is 0 Å². The Kier molecular flexibility index (Phi) is 2.19. The minimum Gasteiger partial charge on any atom is -0.408 e. The highest BCUT2D eigenvalue weighted by Gasteiger charge is 2.46. The molecule has 1 aromatic rings. The van der Waals surface area contributed by atoms with Gasteiger partial charge in [-0.1, -0.05) is 18.9 Å². The quantitative estimate of drug-likeness (QED) is 0.744. The van der Waals surface area contributed by atoms with Crippen LogP contribution in [0.15, 0.2) is 4.42 Å². The van der Waals surface area contributed by atoms with E-state index >= 15 is 0 Å². The number of hydrogen-bond acceptors (Lipinski definition) is 5. The van der Waals surface area contributed by atoms with E-state index in [1.807, 2.05) is 0 Å². The number of nitrogens with one attached hydrogen (secondary N) is 1. The van der Waals surface area contributed by atoms with Gasteiger partial charge in [0, 0.05) is 19.0 Å². The number of nitrogens with two attached hydrogens (primary N) is 1. The van der Waals surface area contributed by atoms with Crippen molar-refractivity contribution in [3.8, 4) is 0 Å². The summed E-state index contributed by atoms with van der Waals surface area (Å²) in [7, 11) is 0. The molecule has 2 rings (SSSR count). The molecule has 5 heteroatoms. The van der Waals surface area contributed by atoms with Gasteiger partial charge in [0.2, 0.25) is 5.89 Å². The van der Waals surface area contributed by atoms with Gasteiger partial charge in [-0.05, 0) is 11.8 Å². The zero-order chi connectivity index (χ0) is 10.2. The van der Waals surface area contributed by atoms with E-state index in [4.69, 9.17) is 10.2 Å². The van der Waals surface area contributed by atoms with Gasteiger partial charge in [0.05, 0.1) is 0 Å². The Bertz CT molecular complexity index is 320. The first-order chi connectivity index (χ1) is 6.62. The number of nitrogens with zero attached hydrogens (tertiary/aromatic N) is 2. The Balaban J connectivity index is 1.91. The topological polar surface area (TPSA) is 77.0 Å². The predicted molar refractivity (Wildman–Crippen MR) is 52.9 cm³/mol. The third-order valence-electron chi connectivity index (χ3n) is 2.64. The van der Waals surface area contributed by atoms with Crippen LogP contribution in [-0.2, 0) is 6.42 Å². The lowest BCUT2D eigenvalue weighted by Crippen LogP contribution is -2.08. The molecule has 14 heavy (non-hydrogen) atoms. The molecule has 3 N–H and O–H groups in total. The van der Waals surface area contributed by atoms with Crippen molar-refractivity contribution in [3.63, 3.8) is 0 Å². The van der Waals surface area contributed by atoms with Crippen molar-refractivity contribution in [3.05, 3.63) is 5.89 Å². The van der Waals surface area contributed by atoms with Crippen molar-refractivity contribution in [2.45, 2.75) is 32.7 Å². The molecule has 5 nitrogen and oxygen atoms in total. The molecule has 1 aromatic heterocycles. The molecule has 0 radical (unpaired) electrons. The van der Waals surface area contributed by atoms with Crippen molar-refractivity contribution in [2.24, 2.45) is 11.1 Å². The zero-order valence-electron chi connectivity index (χ0n) is 8.58. The SMILES string of the molecule is CC1(C)CC1Nc1nnc(CCN)o1. The normalized spacial score (nSPS) is 23.5. The van der Waals surface area contributed by atoms with E-state index in [9.17, 15) is 0 Å². The Hall–Kier alpha value is -1.10. The van der Waals surface area contributed by atoms with Crippen LogP contribution in [-0.4, -0.2) is 22.8 Å². The molecule has 0 amide bonds. The van der Waals surface area contributed by atoms with Crippen LogP contribution in [0.3, 0.4) is 0 Å². The summed E-state index contributed by atoms with van der Waals surface area (Å²) >= 11 is 0. The number of rotatable bonds is 4. The molecule has 1 aliphatic rings. The Morgan fingerprint density at radius 3 is 2.86 bits per heavy atom. The van der Waals surface area contributed by atoms with Crippen LogP contribution >= 0.6 is 0 Å². The second-order valence-electron chi connectivity index (χ2n) is 4.43. The van der Waals surface area contributed by atoms with Crippen molar-refractivity contribution in [1.82, 2.24) is 10.2 Å². The van der Waals surface area contributed by atoms with E-state index in [1.165, 1.54) is 0 Å². The summed E-state index contributed by atoms with van der Waals surface area (Å²) in [4.78, 5) is 0. The van der Waals surface area contributed by atoms with E-state index in [1.54, 1.807) is 0 Å². The fourth-order valence-electron chi connectivity index (χ4n) is 1.40. The first-order valence-corrected chi connectivity index (χ1v) is 4.91. The van der Waals surface area contributed by atoms with E-state index in [2.05, 4.69) is 29.4 Å². The van der Waals surface area contributed by atoms with Gasteiger partial charge in [-0.25, -0.2) is 0 Å². The number of hydrogen-bond donors (Lipinski definition) is 2. The summed E-state index contributed by atoms with van der Waals surface area (Å²) in [5.41, 5.74) is 5.74. The van der Waals surface area contributed by atoms with Crippen LogP contribution < -0.4 is 11.1 Å². The Labute approximate surface area is 83.1 Å². The van der Waals surface area contributed by atoms with Gasteiger partial charge in [0.25, 0.3) is 0 Å². The third kappa shape index (κ3) is 1.87. The Morgan fingerprint density at radius 2 is 2.29 bits per heavy atom. The molecular formula is C9H16N4O. The monoisotopic (exact) mass is 196 g/mol. The largest absolute Gasteiger partial charge is 0.408 e. The molecule has 0 aromatic carbocycles. The first-order valence-electron chi connectivity index (χ1n) is 4.91. The average Bonchev–Trinajstić information content (AvgIpc) is 2.55. The minimum absolute atomic E-state index is 0.364. The smallest absolute Gasteiger partial charge is 0.315 e. The lowest BCUT2D eigenvalue weighted by Gasteiger charge is -2.01. The van der Waals surface area contributed by atoms with E-state index in [0.29, 0.717) is 36.3 Å². The molecule has 0 aliphatic heterocycles. The lowest BCUT2D eigenvalue weighted by atomic mass is 10.2. The molecule has 78 valence electrons. The summed E-state index contributed by atoms with van der Waals surface area (Å²) in [5, 5.41) is 11.0. The van der Waals surface area contributed by atoms with E-state index in [-0.39, 0.29) is 0 Å².